The minimum atomic E-state index is 0.0698. The molecule has 0 aliphatic carbocycles. The number of thiazole rings is 1. The Hall–Kier alpha value is -1.35. The maximum atomic E-state index is 5.38. The smallest absolute Gasteiger partial charge is 0.240 e. The van der Waals surface area contributed by atoms with Gasteiger partial charge in [-0.25, -0.2) is 4.98 Å². The highest BCUT2D eigenvalue weighted by Crippen LogP contribution is 2.21. The molecule has 0 N–H and O–H groups in total. The van der Waals surface area contributed by atoms with Crippen molar-refractivity contribution in [1.82, 2.24) is 24.9 Å². The molecule has 0 bridgehead atoms. The molecule has 0 radical (unpaired) electrons. The van der Waals surface area contributed by atoms with Gasteiger partial charge in [0.2, 0.25) is 5.89 Å². The third-order valence-corrected chi connectivity index (χ3v) is 5.73. The van der Waals surface area contributed by atoms with Gasteiger partial charge in [-0.1, -0.05) is 12.1 Å². The Kier molecular flexibility index (Phi) is 7.13. The molecule has 2 aromatic rings. The van der Waals surface area contributed by atoms with Crippen molar-refractivity contribution < 1.29 is 9.26 Å². The minimum absolute atomic E-state index is 0.0698. The van der Waals surface area contributed by atoms with Crippen LogP contribution in [0.15, 0.2) is 9.90 Å². The summed E-state index contributed by atoms with van der Waals surface area (Å²) in [5.74, 6) is 1.56. The van der Waals surface area contributed by atoms with Crippen LogP contribution in [0.1, 0.15) is 55.2 Å². The van der Waals surface area contributed by atoms with Gasteiger partial charge >= 0.3 is 0 Å². The van der Waals surface area contributed by atoms with Gasteiger partial charge in [-0.2, -0.15) is 4.98 Å². The first kappa shape index (κ1) is 19.4. The quantitative estimate of drug-likeness (QED) is 0.698. The average molecular weight is 380 g/mol. The molecule has 1 aliphatic rings. The fourth-order valence-electron chi connectivity index (χ4n) is 3.12. The van der Waals surface area contributed by atoms with Gasteiger partial charge in [0, 0.05) is 38.5 Å². The molecule has 1 fully saturated rings. The van der Waals surface area contributed by atoms with E-state index in [0.29, 0.717) is 0 Å². The van der Waals surface area contributed by atoms with Crippen molar-refractivity contribution in [3.05, 3.63) is 27.8 Å². The van der Waals surface area contributed by atoms with Gasteiger partial charge in [-0.3, -0.25) is 9.80 Å². The van der Waals surface area contributed by atoms with Crippen molar-refractivity contribution >= 4 is 11.3 Å². The topological polar surface area (TPSA) is 67.5 Å². The van der Waals surface area contributed by atoms with Crippen molar-refractivity contribution in [2.45, 2.75) is 52.3 Å². The summed E-state index contributed by atoms with van der Waals surface area (Å²) in [6.45, 7) is 10.0. The first-order chi connectivity index (χ1) is 12.7. The average Bonchev–Trinajstić information content (AvgIpc) is 3.22. The lowest BCUT2D eigenvalue weighted by molar-refractivity contribution is 0.119. The summed E-state index contributed by atoms with van der Waals surface area (Å²) < 4.78 is 10.7. The molecule has 1 aliphatic heterocycles. The van der Waals surface area contributed by atoms with Gasteiger partial charge in [0.05, 0.1) is 12.2 Å². The van der Waals surface area contributed by atoms with Crippen LogP contribution in [0, 0.1) is 0 Å². The Morgan fingerprint density at radius 1 is 1.19 bits per heavy atom. The first-order valence-electron chi connectivity index (χ1n) is 9.41. The van der Waals surface area contributed by atoms with E-state index >= 15 is 0 Å². The summed E-state index contributed by atoms with van der Waals surface area (Å²) in [6.07, 6.45) is 3.13. The second kappa shape index (κ2) is 9.55. The summed E-state index contributed by atoms with van der Waals surface area (Å²) in [4.78, 5) is 14.1. The summed E-state index contributed by atoms with van der Waals surface area (Å²) in [5.41, 5.74) is 1.14. The number of nitrogens with zero attached hydrogens (tertiary/aromatic N) is 5. The van der Waals surface area contributed by atoms with Crippen molar-refractivity contribution in [1.29, 1.82) is 0 Å². The Balaban J connectivity index is 1.49. The fourth-order valence-corrected chi connectivity index (χ4v) is 3.97. The lowest BCUT2D eigenvalue weighted by Gasteiger charge is -2.20. The molecule has 26 heavy (non-hydrogen) atoms. The van der Waals surface area contributed by atoms with E-state index in [4.69, 9.17) is 14.2 Å². The van der Waals surface area contributed by atoms with Crippen LogP contribution in [0.2, 0.25) is 0 Å². The maximum Gasteiger partial charge on any atom is 0.240 e. The number of rotatable bonds is 8. The van der Waals surface area contributed by atoms with E-state index in [1.807, 2.05) is 6.92 Å². The van der Waals surface area contributed by atoms with E-state index in [1.165, 1.54) is 0 Å². The van der Waals surface area contributed by atoms with E-state index in [1.54, 1.807) is 18.4 Å². The number of aromatic nitrogens is 3. The monoisotopic (exact) mass is 379 g/mol. The number of aryl methyl sites for hydroxylation is 1. The molecular weight excluding hydrogens is 350 g/mol. The van der Waals surface area contributed by atoms with Gasteiger partial charge in [-0.05, 0) is 32.9 Å². The molecule has 0 amide bonds. The normalized spacial score (nSPS) is 18.1. The molecule has 7 nitrogen and oxygen atoms in total. The second-order valence-electron chi connectivity index (χ2n) is 6.82. The minimum Gasteiger partial charge on any atom is -0.375 e. The molecule has 1 atom stereocenters. The van der Waals surface area contributed by atoms with Crippen LogP contribution in [0.3, 0.4) is 0 Å². The Labute approximate surface area is 159 Å². The zero-order chi connectivity index (χ0) is 18.4. The van der Waals surface area contributed by atoms with Gasteiger partial charge in [0.25, 0.3) is 0 Å². The van der Waals surface area contributed by atoms with Crippen molar-refractivity contribution in [2.75, 3.05) is 33.3 Å². The molecular formula is C18H29N5O2S. The summed E-state index contributed by atoms with van der Waals surface area (Å²) >= 11 is 1.68. The molecule has 8 heteroatoms. The predicted octanol–water partition coefficient (Wildman–Crippen LogP) is 2.89. The predicted molar refractivity (Wildman–Crippen MR) is 101 cm³/mol. The summed E-state index contributed by atoms with van der Waals surface area (Å²) in [7, 11) is 1.73. The van der Waals surface area contributed by atoms with Crippen LogP contribution in [-0.4, -0.2) is 58.2 Å². The molecule has 0 saturated carbocycles. The van der Waals surface area contributed by atoms with E-state index in [0.717, 1.165) is 80.9 Å². The standard InChI is InChI=1S/C18H29N5O2S/c1-4-6-16-20-17(25-21-16)12-23-8-5-7-22(9-10-23)11-15-13-26-18(19-15)14(2)24-3/h13-14H,4-12H2,1-3H3/t14-/m1/s1. The van der Waals surface area contributed by atoms with E-state index in [2.05, 4.69) is 32.2 Å². The van der Waals surface area contributed by atoms with Crippen molar-refractivity contribution in [3.63, 3.8) is 0 Å². The molecule has 3 heterocycles. The summed E-state index contributed by atoms with van der Waals surface area (Å²) in [6, 6.07) is 0. The van der Waals surface area contributed by atoms with E-state index in [9.17, 15) is 0 Å². The maximum absolute atomic E-state index is 5.38. The van der Waals surface area contributed by atoms with Gasteiger partial charge in [0.1, 0.15) is 11.1 Å². The Morgan fingerprint density at radius 3 is 2.69 bits per heavy atom. The molecule has 1 saturated heterocycles. The van der Waals surface area contributed by atoms with Crippen LogP contribution in [0.5, 0.6) is 0 Å². The van der Waals surface area contributed by atoms with E-state index in [-0.39, 0.29) is 6.10 Å². The van der Waals surface area contributed by atoms with Gasteiger partial charge in [-0.15, -0.1) is 11.3 Å². The van der Waals surface area contributed by atoms with Crippen molar-refractivity contribution in [2.24, 2.45) is 0 Å². The fraction of sp³-hybridized carbons (Fsp3) is 0.722. The zero-order valence-electron chi connectivity index (χ0n) is 16.0. The van der Waals surface area contributed by atoms with Gasteiger partial charge < -0.3 is 9.26 Å². The van der Waals surface area contributed by atoms with Gasteiger partial charge in [0.15, 0.2) is 5.82 Å². The van der Waals surface area contributed by atoms with Crippen LogP contribution in [0.25, 0.3) is 0 Å². The Bertz CT molecular complexity index is 674. The Morgan fingerprint density at radius 2 is 1.96 bits per heavy atom. The number of hydrogen-bond donors (Lipinski definition) is 0. The highest BCUT2D eigenvalue weighted by molar-refractivity contribution is 7.09. The first-order valence-corrected chi connectivity index (χ1v) is 10.3. The van der Waals surface area contributed by atoms with E-state index < -0.39 is 0 Å². The summed E-state index contributed by atoms with van der Waals surface area (Å²) in [5, 5.41) is 7.26. The lowest BCUT2D eigenvalue weighted by Crippen LogP contribution is -2.30. The van der Waals surface area contributed by atoms with Crippen LogP contribution >= 0.6 is 11.3 Å². The van der Waals surface area contributed by atoms with Crippen LogP contribution in [0.4, 0.5) is 0 Å². The molecule has 3 rings (SSSR count). The molecule has 0 spiro atoms. The lowest BCUT2D eigenvalue weighted by atomic mass is 10.3. The molecule has 0 aromatic carbocycles. The highest BCUT2D eigenvalue weighted by Gasteiger charge is 2.19. The number of hydrogen-bond acceptors (Lipinski definition) is 8. The third-order valence-electron chi connectivity index (χ3n) is 4.68. The van der Waals surface area contributed by atoms with Crippen LogP contribution in [-0.2, 0) is 24.2 Å². The van der Waals surface area contributed by atoms with Crippen molar-refractivity contribution in [3.8, 4) is 0 Å². The molecule has 2 aromatic heterocycles. The SMILES string of the molecule is CCCc1noc(CN2CCCN(Cc3csc([C@@H](C)OC)n3)CC2)n1. The molecule has 0 unspecified atom stereocenters. The highest BCUT2D eigenvalue weighted by atomic mass is 32.1. The zero-order valence-corrected chi connectivity index (χ0v) is 16.8. The molecule has 144 valence electrons. The third kappa shape index (κ3) is 5.33. The largest absolute Gasteiger partial charge is 0.375 e. The van der Waals surface area contributed by atoms with Crippen LogP contribution < -0.4 is 0 Å². The number of methoxy groups -OCH3 is 1. The second-order valence-corrected chi connectivity index (χ2v) is 7.70. The number of ether oxygens (including phenoxy) is 1.